The van der Waals surface area contributed by atoms with Crippen molar-refractivity contribution >= 4 is 29.0 Å². The molecule has 1 aromatic rings. The number of aliphatic hydroxyl groups is 1. The Balaban J connectivity index is 1.34. The van der Waals surface area contributed by atoms with E-state index in [0.29, 0.717) is 37.0 Å². The molecule has 2 aliphatic heterocycles. The zero-order chi connectivity index (χ0) is 23.8. The van der Waals surface area contributed by atoms with E-state index in [-0.39, 0.29) is 17.6 Å². The van der Waals surface area contributed by atoms with Crippen molar-refractivity contribution in [2.45, 2.75) is 30.9 Å². The maximum atomic E-state index is 14.8. The lowest BCUT2D eigenvalue weighted by molar-refractivity contribution is -0.0337. The summed E-state index contributed by atoms with van der Waals surface area (Å²) in [7, 11) is 4.12. The lowest BCUT2D eigenvalue weighted by atomic mass is 9.74. The van der Waals surface area contributed by atoms with E-state index in [9.17, 15) is 14.3 Å². The first-order valence-corrected chi connectivity index (χ1v) is 11.8. The summed E-state index contributed by atoms with van der Waals surface area (Å²) in [6.45, 7) is 6.51. The normalized spacial score (nSPS) is 24.9. The van der Waals surface area contributed by atoms with E-state index in [0.717, 1.165) is 30.8 Å². The molecular weight excluding hydrogens is 443 g/mol. The van der Waals surface area contributed by atoms with Crippen LogP contribution in [-0.2, 0) is 0 Å². The topological polar surface area (TPSA) is 59.1 Å². The summed E-state index contributed by atoms with van der Waals surface area (Å²) in [4.78, 5) is 18.7. The fourth-order valence-corrected chi connectivity index (χ4v) is 5.17. The van der Waals surface area contributed by atoms with Crippen LogP contribution in [0.15, 0.2) is 53.6 Å². The van der Waals surface area contributed by atoms with E-state index < -0.39 is 11.4 Å². The number of rotatable bonds is 4. The van der Waals surface area contributed by atoms with Gasteiger partial charge in [-0.3, -0.25) is 0 Å². The number of benzene rings is 1. The largest absolute Gasteiger partial charge is 0.389 e. The molecule has 0 saturated carbocycles. The molecule has 8 heteroatoms. The summed E-state index contributed by atoms with van der Waals surface area (Å²) in [6, 6.07) is 5.06. The highest BCUT2D eigenvalue weighted by atomic mass is 35.5. The molecule has 0 bridgehead atoms. The van der Waals surface area contributed by atoms with E-state index >= 15 is 0 Å². The molecular formula is C25H32ClFN4O2. The first kappa shape index (κ1) is 23.8. The summed E-state index contributed by atoms with van der Waals surface area (Å²) < 4.78 is 14.8. The number of nitrogens with one attached hydrogen (secondary N) is 1. The van der Waals surface area contributed by atoms with Crippen LogP contribution in [0, 0.1) is 11.7 Å². The number of halogens is 2. The average molecular weight is 475 g/mol. The number of hydrogen-bond donors (Lipinski definition) is 2. The Morgan fingerprint density at radius 3 is 2.64 bits per heavy atom. The minimum absolute atomic E-state index is 0.163. The molecule has 0 radical (unpaired) electrons. The number of carbonyl (C=O) groups is 1. The third-order valence-electron chi connectivity index (χ3n) is 7.12. The van der Waals surface area contributed by atoms with Gasteiger partial charge in [0.25, 0.3) is 0 Å². The quantitative estimate of drug-likeness (QED) is 0.687. The molecule has 0 spiro atoms. The second-order valence-corrected chi connectivity index (χ2v) is 9.91. The van der Waals surface area contributed by atoms with Crippen molar-refractivity contribution in [3.05, 3.63) is 59.4 Å². The zero-order valence-electron chi connectivity index (χ0n) is 19.2. The third-order valence-corrected chi connectivity index (χ3v) is 7.35. The van der Waals surface area contributed by atoms with Crippen molar-refractivity contribution in [2.75, 3.05) is 50.5 Å². The Labute approximate surface area is 200 Å². The molecule has 2 atom stereocenters. The van der Waals surface area contributed by atoms with Crippen molar-refractivity contribution in [3.63, 3.8) is 0 Å². The predicted octanol–water partition coefficient (Wildman–Crippen LogP) is 4.19. The molecule has 0 aromatic heterocycles. The van der Waals surface area contributed by atoms with Gasteiger partial charge in [0, 0.05) is 48.9 Å². The maximum Gasteiger partial charge on any atom is 0.321 e. The first-order chi connectivity index (χ1) is 15.7. The fraction of sp³-hybridized carbons (Fsp3) is 0.480. The van der Waals surface area contributed by atoms with Crippen LogP contribution in [0.5, 0.6) is 0 Å². The zero-order valence-corrected chi connectivity index (χ0v) is 20.0. The second-order valence-electron chi connectivity index (χ2n) is 9.48. The number of likely N-dealkylation sites (tertiary alicyclic amines) is 1. The number of allylic oxidation sites excluding steroid dienone is 3. The molecule has 178 valence electrons. The van der Waals surface area contributed by atoms with Crippen LogP contribution in [0.2, 0.25) is 0 Å². The number of likely N-dealkylation sites (N-methyl/N-ethyl adjacent to an activating group) is 1. The van der Waals surface area contributed by atoms with Crippen LogP contribution in [0.4, 0.5) is 20.6 Å². The van der Waals surface area contributed by atoms with Crippen LogP contribution >= 0.6 is 11.6 Å². The van der Waals surface area contributed by atoms with Crippen molar-refractivity contribution in [1.29, 1.82) is 0 Å². The van der Waals surface area contributed by atoms with Gasteiger partial charge in [-0.05, 0) is 69.3 Å². The average Bonchev–Trinajstić information content (AvgIpc) is 3.26. The van der Waals surface area contributed by atoms with E-state index in [4.69, 9.17) is 11.6 Å². The van der Waals surface area contributed by atoms with Gasteiger partial charge in [-0.15, -0.1) is 0 Å². The fourth-order valence-electron chi connectivity index (χ4n) is 4.95. The van der Waals surface area contributed by atoms with Crippen molar-refractivity contribution in [1.82, 2.24) is 9.80 Å². The molecule has 2 amide bonds. The highest BCUT2D eigenvalue weighted by Gasteiger charge is 2.41. The number of hydrogen-bond acceptors (Lipinski definition) is 4. The molecule has 2 unspecified atom stereocenters. The van der Waals surface area contributed by atoms with Gasteiger partial charge in [0.05, 0.1) is 11.3 Å². The van der Waals surface area contributed by atoms with Crippen molar-refractivity contribution in [3.8, 4) is 0 Å². The SMILES string of the molecule is C=C1C=C(Cl)C=CC1C1(O)CCN(C(=O)Nc2ccc(N3CCC(N(C)C)C3)cc2F)CC1. The molecule has 6 nitrogen and oxygen atoms in total. The van der Waals surface area contributed by atoms with Crippen LogP contribution in [0.25, 0.3) is 0 Å². The van der Waals surface area contributed by atoms with Crippen LogP contribution in [0.3, 0.4) is 0 Å². The molecule has 33 heavy (non-hydrogen) atoms. The molecule has 4 rings (SSSR count). The highest BCUT2D eigenvalue weighted by Crippen LogP contribution is 2.38. The monoisotopic (exact) mass is 474 g/mol. The smallest absolute Gasteiger partial charge is 0.321 e. The van der Waals surface area contributed by atoms with Crippen molar-refractivity contribution < 1.29 is 14.3 Å². The van der Waals surface area contributed by atoms with Crippen molar-refractivity contribution in [2.24, 2.45) is 5.92 Å². The summed E-state index contributed by atoms with van der Waals surface area (Å²) >= 11 is 6.02. The van der Waals surface area contributed by atoms with E-state index in [2.05, 4.69) is 35.8 Å². The molecule has 1 aromatic carbocycles. The summed E-state index contributed by atoms with van der Waals surface area (Å²) in [6.07, 6.45) is 7.26. The van der Waals surface area contributed by atoms with Gasteiger partial charge in [0.2, 0.25) is 0 Å². The summed E-state index contributed by atoms with van der Waals surface area (Å²) in [5.41, 5.74) is 0.773. The van der Waals surface area contributed by atoms with Gasteiger partial charge in [-0.25, -0.2) is 9.18 Å². The molecule has 1 aliphatic carbocycles. The summed E-state index contributed by atoms with van der Waals surface area (Å²) in [5.74, 6) is -0.678. The minimum Gasteiger partial charge on any atom is -0.389 e. The Morgan fingerprint density at radius 2 is 2.03 bits per heavy atom. The lowest BCUT2D eigenvalue weighted by Crippen LogP contribution is -2.51. The van der Waals surface area contributed by atoms with Gasteiger partial charge < -0.3 is 25.1 Å². The second kappa shape index (κ2) is 9.49. The van der Waals surface area contributed by atoms with Crippen LogP contribution in [-0.4, -0.2) is 72.9 Å². The summed E-state index contributed by atoms with van der Waals surface area (Å²) in [5, 5.41) is 14.4. The van der Waals surface area contributed by atoms with Gasteiger partial charge in [-0.1, -0.05) is 24.3 Å². The molecule has 2 fully saturated rings. The van der Waals surface area contributed by atoms with Crippen LogP contribution in [0.1, 0.15) is 19.3 Å². The third kappa shape index (κ3) is 5.10. The number of amides is 2. The van der Waals surface area contributed by atoms with Gasteiger partial charge in [-0.2, -0.15) is 0 Å². The van der Waals surface area contributed by atoms with E-state index in [1.165, 1.54) is 6.07 Å². The number of carbonyl (C=O) groups excluding carboxylic acids is 1. The predicted molar refractivity (Wildman–Crippen MR) is 131 cm³/mol. The number of urea groups is 1. The minimum atomic E-state index is -0.981. The molecule has 2 saturated heterocycles. The van der Waals surface area contributed by atoms with E-state index in [1.54, 1.807) is 23.1 Å². The van der Waals surface area contributed by atoms with E-state index in [1.807, 2.05) is 12.1 Å². The first-order valence-electron chi connectivity index (χ1n) is 11.4. The Kier molecular flexibility index (Phi) is 6.84. The number of piperidine rings is 1. The number of nitrogens with zero attached hydrogens (tertiary/aromatic N) is 3. The Morgan fingerprint density at radius 1 is 1.30 bits per heavy atom. The number of anilines is 2. The Bertz CT molecular complexity index is 985. The Hall–Kier alpha value is -2.35. The maximum absolute atomic E-state index is 14.8. The molecule has 2 heterocycles. The lowest BCUT2D eigenvalue weighted by Gasteiger charge is -2.43. The highest BCUT2D eigenvalue weighted by molar-refractivity contribution is 6.31. The molecule has 3 aliphatic rings. The molecule has 2 N–H and O–H groups in total. The van der Waals surface area contributed by atoms with Gasteiger partial charge in [0.1, 0.15) is 5.82 Å². The van der Waals surface area contributed by atoms with Gasteiger partial charge in [0.15, 0.2) is 0 Å². The standard InChI is InChI=1S/C25H32ClFN4O2/c1-17-14-18(26)4-6-21(17)25(33)9-12-30(13-10-25)24(32)28-23-7-5-19(15-22(23)27)31-11-8-20(16-31)29(2)3/h4-7,14-15,20-21,33H,1,8-13,16H2,2-3H3,(H,28,32). The van der Waals surface area contributed by atoms with Crippen LogP contribution < -0.4 is 10.2 Å². The van der Waals surface area contributed by atoms with Gasteiger partial charge >= 0.3 is 6.03 Å².